The van der Waals surface area contributed by atoms with Gasteiger partial charge in [0.2, 0.25) is 0 Å². The highest BCUT2D eigenvalue weighted by atomic mass is 16.7. The van der Waals surface area contributed by atoms with E-state index < -0.39 is 5.97 Å². The Morgan fingerprint density at radius 3 is 2.59 bits per heavy atom. The van der Waals surface area contributed by atoms with Crippen molar-refractivity contribution < 1.29 is 28.5 Å². The quantitative estimate of drug-likeness (QED) is 0.421. The maximum absolute atomic E-state index is 11.4. The van der Waals surface area contributed by atoms with E-state index in [9.17, 15) is 4.79 Å². The van der Waals surface area contributed by atoms with Gasteiger partial charge in [-0.15, -0.1) is 0 Å². The van der Waals surface area contributed by atoms with Crippen LogP contribution in [0.4, 0.5) is 0 Å². The normalized spacial score (nSPS) is 16.0. The zero-order valence-electron chi connectivity index (χ0n) is 19.7. The van der Waals surface area contributed by atoms with Gasteiger partial charge in [-0.05, 0) is 80.5 Å². The van der Waals surface area contributed by atoms with E-state index in [0.717, 1.165) is 53.9 Å². The van der Waals surface area contributed by atoms with Crippen molar-refractivity contribution in [2.24, 2.45) is 0 Å². The topological polar surface area (TPSA) is 76.1 Å². The molecule has 0 bridgehead atoms. The average Bonchev–Trinajstić information content (AvgIpc) is 2.82. The lowest BCUT2D eigenvalue weighted by Crippen LogP contribution is -2.16. The molecule has 0 radical (unpaired) electrons. The van der Waals surface area contributed by atoms with Crippen LogP contribution in [0, 0.1) is 20.8 Å². The number of benzene rings is 1. The molecule has 0 saturated carbocycles. The fourth-order valence-electron chi connectivity index (χ4n) is 3.93. The molecule has 1 aliphatic rings. The lowest BCUT2D eigenvalue weighted by atomic mass is 9.93. The molecule has 174 valence electrons. The van der Waals surface area contributed by atoms with Gasteiger partial charge in [-0.25, -0.2) is 4.79 Å². The van der Waals surface area contributed by atoms with Crippen LogP contribution in [0.3, 0.4) is 0 Å². The Balaban J connectivity index is 1.87. The highest BCUT2D eigenvalue weighted by Crippen LogP contribution is 2.34. The maximum atomic E-state index is 11.4. The summed E-state index contributed by atoms with van der Waals surface area (Å²) in [4.78, 5) is 16.4. The Bertz CT molecular complexity index is 937. The molecule has 7 heteroatoms. The van der Waals surface area contributed by atoms with Gasteiger partial charge in [0.05, 0.1) is 7.11 Å². The van der Waals surface area contributed by atoms with E-state index in [1.165, 1.54) is 12.7 Å². The molecule has 0 N–H and O–H groups in total. The van der Waals surface area contributed by atoms with Gasteiger partial charge in [-0.2, -0.15) is 0 Å². The van der Waals surface area contributed by atoms with Crippen molar-refractivity contribution in [3.63, 3.8) is 0 Å². The van der Waals surface area contributed by atoms with Crippen LogP contribution in [0.1, 0.15) is 59.0 Å². The molecule has 3 rings (SSSR count). The van der Waals surface area contributed by atoms with Crippen molar-refractivity contribution in [2.45, 2.75) is 52.6 Å². The van der Waals surface area contributed by atoms with Gasteiger partial charge in [0, 0.05) is 25.8 Å². The summed E-state index contributed by atoms with van der Waals surface area (Å²) < 4.78 is 27.2. The van der Waals surface area contributed by atoms with Crippen molar-refractivity contribution in [3.05, 3.63) is 51.8 Å². The van der Waals surface area contributed by atoms with Crippen molar-refractivity contribution in [3.8, 4) is 11.5 Å². The van der Waals surface area contributed by atoms with Crippen LogP contribution in [0.5, 0.6) is 11.5 Å². The Kier molecular flexibility index (Phi) is 8.47. The predicted octanol–water partition coefficient (Wildman–Crippen LogP) is 4.37. The summed E-state index contributed by atoms with van der Waals surface area (Å²) in [6.07, 6.45) is 3.74. The number of aryl methyl sites for hydroxylation is 1. The number of esters is 1. The van der Waals surface area contributed by atoms with E-state index in [-0.39, 0.29) is 19.5 Å². The Labute approximate surface area is 190 Å². The first-order valence-corrected chi connectivity index (χ1v) is 11.0. The lowest BCUT2D eigenvalue weighted by Gasteiger charge is -2.24. The highest BCUT2D eigenvalue weighted by molar-refractivity contribution is 5.71. The van der Waals surface area contributed by atoms with E-state index in [4.69, 9.17) is 23.9 Å². The van der Waals surface area contributed by atoms with E-state index in [1.807, 2.05) is 32.0 Å². The highest BCUT2D eigenvalue weighted by Gasteiger charge is 2.23. The summed E-state index contributed by atoms with van der Waals surface area (Å²) in [6, 6.07) is 5.93. The first-order chi connectivity index (χ1) is 15.4. The first-order valence-electron chi connectivity index (χ1n) is 11.0. The molecule has 1 aromatic heterocycles. The van der Waals surface area contributed by atoms with Gasteiger partial charge >= 0.3 is 5.97 Å². The third-order valence-corrected chi connectivity index (χ3v) is 5.90. The summed E-state index contributed by atoms with van der Waals surface area (Å²) in [7, 11) is 2.95. The first kappa shape index (κ1) is 24.0. The smallest absolute Gasteiger partial charge is 0.343 e. The van der Waals surface area contributed by atoms with E-state index in [0.29, 0.717) is 17.9 Å². The SMILES string of the molecule is COCOc1ccc(Cc2c(C)cc(OCC(=O)OC)c(C)c2C)nc1C1CCCCO1. The van der Waals surface area contributed by atoms with Crippen LogP contribution in [0.25, 0.3) is 0 Å². The molecule has 2 aromatic rings. The average molecular weight is 444 g/mol. The number of aromatic nitrogens is 1. The largest absolute Gasteiger partial charge is 0.482 e. The Hall–Kier alpha value is -2.64. The van der Waals surface area contributed by atoms with Gasteiger partial charge in [-0.1, -0.05) is 0 Å². The fraction of sp³-hybridized carbons (Fsp3) is 0.520. The summed E-state index contributed by atoms with van der Waals surface area (Å²) in [5, 5.41) is 0. The van der Waals surface area contributed by atoms with Crippen LogP contribution < -0.4 is 9.47 Å². The summed E-state index contributed by atoms with van der Waals surface area (Å²) >= 11 is 0. The fourth-order valence-corrected chi connectivity index (χ4v) is 3.93. The minimum atomic E-state index is -0.402. The van der Waals surface area contributed by atoms with E-state index >= 15 is 0 Å². The van der Waals surface area contributed by atoms with Crippen LogP contribution in [0.2, 0.25) is 0 Å². The molecular weight excluding hydrogens is 410 g/mol. The molecule has 0 aliphatic carbocycles. The number of carbonyl (C=O) groups is 1. The van der Waals surface area contributed by atoms with Gasteiger partial charge < -0.3 is 23.7 Å². The minimum absolute atomic E-state index is 0.0615. The van der Waals surface area contributed by atoms with Crippen LogP contribution in [0.15, 0.2) is 18.2 Å². The predicted molar refractivity (Wildman–Crippen MR) is 120 cm³/mol. The molecule has 1 aromatic carbocycles. The van der Waals surface area contributed by atoms with Gasteiger partial charge in [0.25, 0.3) is 0 Å². The number of ether oxygens (including phenoxy) is 5. The van der Waals surface area contributed by atoms with Crippen LogP contribution >= 0.6 is 0 Å². The zero-order valence-corrected chi connectivity index (χ0v) is 19.7. The molecule has 1 atom stereocenters. The van der Waals surface area contributed by atoms with Crippen molar-refractivity contribution in [1.82, 2.24) is 4.98 Å². The minimum Gasteiger partial charge on any atom is -0.482 e. The second-order valence-electron chi connectivity index (χ2n) is 8.05. The molecule has 2 heterocycles. The molecule has 0 amide bonds. The molecule has 1 fully saturated rings. The van der Waals surface area contributed by atoms with Crippen molar-refractivity contribution in [1.29, 1.82) is 0 Å². The number of methoxy groups -OCH3 is 2. The lowest BCUT2D eigenvalue weighted by molar-refractivity contribution is -0.142. The molecule has 0 spiro atoms. The molecule has 32 heavy (non-hydrogen) atoms. The standard InChI is InChI=1S/C25H33NO6/c1-16-12-23(31-14-24(27)29-5)18(3)17(2)20(16)13-19-9-10-22(32-15-28-4)25(26-19)21-8-6-7-11-30-21/h9-10,12,21H,6-8,11,13-15H2,1-5H3. The van der Waals surface area contributed by atoms with Gasteiger partial charge in [-0.3, -0.25) is 4.98 Å². The third-order valence-electron chi connectivity index (χ3n) is 5.90. The molecule has 1 saturated heterocycles. The third kappa shape index (κ3) is 5.78. The number of nitrogens with zero attached hydrogens (tertiary/aromatic N) is 1. The molecule has 1 aliphatic heterocycles. The monoisotopic (exact) mass is 443 g/mol. The van der Waals surface area contributed by atoms with E-state index in [2.05, 4.69) is 11.7 Å². The second-order valence-corrected chi connectivity index (χ2v) is 8.05. The maximum Gasteiger partial charge on any atom is 0.343 e. The number of hydrogen-bond donors (Lipinski definition) is 0. The number of hydrogen-bond acceptors (Lipinski definition) is 7. The molecular formula is C25H33NO6. The number of pyridine rings is 1. The summed E-state index contributed by atoms with van der Waals surface area (Å²) in [6.45, 7) is 6.93. The summed E-state index contributed by atoms with van der Waals surface area (Å²) in [5.74, 6) is 1.00. The van der Waals surface area contributed by atoms with Crippen molar-refractivity contribution in [2.75, 3.05) is 34.2 Å². The Morgan fingerprint density at radius 2 is 1.91 bits per heavy atom. The zero-order chi connectivity index (χ0) is 23.1. The second kappa shape index (κ2) is 11.3. The van der Waals surface area contributed by atoms with Gasteiger partial charge in [0.15, 0.2) is 13.4 Å². The molecule has 1 unspecified atom stereocenters. The van der Waals surface area contributed by atoms with E-state index in [1.54, 1.807) is 7.11 Å². The number of rotatable bonds is 9. The van der Waals surface area contributed by atoms with Crippen molar-refractivity contribution >= 4 is 5.97 Å². The number of carbonyl (C=O) groups excluding carboxylic acids is 1. The van der Waals surface area contributed by atoms with Gasteiger partial charge in [0.1, 0.15) is 23.3 Å². The molecule has 7 nitrogen and oxygen atoms in total. The van der Waals surface area contributed by atoms with Crippen LogP contribution in [-0.4, -0.2) is 45.2 Å². The summed E-state index contributed by atoms with van der Waals surface area (Å²) in [5.41, 5.74) is 6.20. The Morgan fingerprint density at radius 1 is 1.09 bits per heavy atom. The van der Waals surface area contributed by atoms with Crippen LogP contribution in [-0.2, 0) is 25.4 Å².